The van der Waals surface area contributed by atoms with Gasteiger partial charge in [-0.25, -0.2) is 9.36 Å². The Balaban J connectivity index is 2.18. The van der Waals surface area contributed by atoms with Gasteiger partial charge < -0.3 is 15.2 Å². The molecule has 2 N–H and O–H groups in total. The highest BCUT2D eigenvalue weighted by Gasteiger charge is 2.62. The number of aromatic nitrogens is 2. The summed E-state index contributed by atoms with van der Waals surface area (Å²) >= 11 is 0. The molecule has 0 aliphatic carbocycles. The summed E-state index contributed by atoms with van der Waals surface area (Å²) in [4.78, 5) is 28.6. The number of unbranched alkanes of at least 4 members (excludes halogenated alkanes) is 11. The van der Waals surface area contributed by atoms with Crippen LogP contribution in [-0.2, 0) is 32.4 Å². The highest BCUT2D eigenvalue weighted by molar-refractivity contribution is 7.48. The predicted octanol–water partition coefficient (Wildman–Crippen LogP) is 7.34. The van der Waals surface area contributed by atoms with Gasteiger partial charge in [0, 0.05) is 12.6 Å². The number of hydrogen-bond acceptors (Lipinski definition) is 10. The summed E-state index contributed by atoms with van der Waals surface area (Å²) in [5.74, 6) is -4.84. The average Bonchev–Trinajstić information content (AvgIpc) is 3.22. The van der Waals surface area contributed by atoms with Crippen LogP contribution >= 0.6 is 7.82 Å². The summed E-state index contributed by atoms with van der Waals surface area (Å²) in [5.41, 5.74) is 4.46. The van der Waals surface area contributed by atoms with Crippen LogP contribution in [0, 0.1) is 0 Å². The Morgan fingerprint density at radius 2 is 1.48 bits per heavy atom. The van der Waals surface area contributed by atoms with Crippen LogP contribution in [0.1, 0.15) is 123 Å². The molecule has 2 unspecified atom stereocenters. The standard InChI is InChI=1S/C30H52F2N3O8P/c1-4-7-10-13-14-15-18-26(36)43-27-24(42-28(30(27,31)32)35-20-19-25(33)34-29(35)37)23-41-44(38,39-21-16-11-8-5-2)40-22-17-12-9-6-3/h19-20,24,27-28H,4-18,21-23H2,1-3H3,(H2,33,34,37)/t24?,27-,28?/m1/s1. The van der Waals surface area contributed by atoms with E-state index >= 15 is 8.78 Å². The smallest absolute Gasteiger partial charge is 0.453 e. The molecule has 11 nitrogen and oxygen atoms in total. The molecule has 0 aromatic carbocycles. The molecule has 1 aliphatic rings. The fraction of sp³-hybridized carbons (Fsp3) is 0.833. The molecule has 2 heterocycles. The maximum Gasteiger partial charge on any atom is 0.474 e. The van der Waals surface area contributed by atoms with Gasteiger partial charge >= 0.3 is 25.4 Å². The molecular formula is C30H52F2N3O8P. The van der Waals surface area contributed by atoms with Gasteiger partial charge in [-0.15, -0.1) is 0 Å². The monoisotopic (exact) mass is 651 g/mol. The molecule has 1 fully saturated rings. The van der Waals surface area contributed by atoms with Crippen LogP contribution in [0.4, 0.5) is 14.6 Å². The van der Waals surface area contributed by atoms with Crippen LogP contribution in [0.15, 0.2) is 17.1 Å². The topological polar surface area (TPSA) is 141 Å². The number of ether oxygens (including phenoxy) is 2. The lowest BCUT2D eigenvalue weighted by Crippen LogP contribution is -2.44. The number of nitrogen functional groups attached to an aromatic ring is 1. The second-order valence-electron chi connectivity index (χ2n) is 11.2. The first kappa shape index (κ1) is 38.3. The van der Waals surface area contributed by atoms with E-state index in [9.17, 15) is 14.2 Å². The fourth-order valence-corrected chi connectivity index (χ4v) is 6.05. The Kier molecular flexibility index (Phi) is 17.6. The molecule has 1 aliphatic heterocycles. The van der Waals surface area contributed by atoms with Crippen LogP contribution in [-0.4, -0.2) is 53.5 Å². The maximum atomic E-state index is 15.8. The van der Waals surface area contributed by atoms with Gasteiger partial charge in [-0.2, -0.15) is 13.8 Å². The van der Waals surface area contributed by atoms with E-state index in [1.807, 2.05) is 0 Å². The van der Waals surface area contributed by atoms with E-state index in [4.69, 9.17) is 28.8 Å². The van der Waals surface area contributed by atoms with E-state index in [-0.39, 0.29) is 25.5 Å². The van der Waals surface area contributed by atoms with Gasteiger partial charge in [0.05, 0.1) is 19.8 Å². The number of nitrogens with zero attached hydrogens (tertiary/aromatic N) is 2. The molecule has 44 heavy (non-hydrogen) atoms. The Hall–Kier alpha value is -1.92. The third-order valence-electron chi connectivity index (χ3n) is 7.34. The van der Waals surface area contributed by atoms with Gasteiger partial charge in [0.2, 0.25) is 6.23 Å². The summed E-state index contributed by atoms with van der Waals surface area (Å²) in [7, 11) is -4.17. The summed E-state index contributed by atoms with van der Waals surface area (Å²) in [5, 5.41) is 0. The zero-order chi connectivity index (χ0) is 32.4. The number of hydrogen-bond donors (Lipinski definition) is 1. The lowest BCUT2D eigenvalue weighted by atomic mass is 10.1. The van der Waals surface area contributed by atoms with Gasteiger partial charge in [-0.05, 0) is 25.3 Å². The van der Waals surface area contributed by atoms with Crippen molar-refractivity contribution in [2.75, 3.05) is 25.6 Å². The molecule has 1 aromatic rings. The second kappa shape index (κ2) is 20.3. The number of halogens is 2. The van der Waals surface area contributed by atoms with E-state index in [1.165, 1.54) is 6.07 Å². The number of anilines is 1. The van der Waals surface area contributed by atoms with Crippen molar-refractivity contribution in [1.82, 2.24) is 9.55 Å². The first-order valence-electron chi connectivity index (χ1n) is 16.2. The highest BCUT2D eigenvalue weighted by Crippen LogP contribution is 2.52. The van der Waals surface area contributed by atoms with Crippen LogP contribution in [0.3, 0.4) is 0 Å². The Morgan fingerprint density at radius 1 is 0.932 bits per heavy atom. The van der Waals surface area contributed by atoms with Crippen molar-refractivity contribution in [1.29, 1.82) is 0 Å². The van der Waals surface area contributed by atoms with E-state index < -0.39 is 50.4 Å². The van der Waals surface area contributed by atoms with Crippen LogP contribution in [0.25, 0.3) is 0 Å². The minimum Gasteiger partial charge on any atom is -0.453 e. The van der Waals surface area contributed by atoms with Crippen molar-refractivity contribution in [3.05, 3.63) is 22.7 Å². The third-order valence-corrected chi connectivity index (χ3v) is 8.80. The first-order chi connectivity index (χ1) is 21.1. The lowest BCUT2D eigenvalue weighted by molar-refractivity contribution is -0.176. The van der Waals surface area contributed by atoms with Gasteiger partial charge in [0.1, 0.15) is 11.9 Å². The summed E-state index contributed by atoms with van der Waals surface area (Å²) in [6.07, 6.45) is 7.37. The number of phosphoric ester groups is 1. The Bertz CT molecular complexity index is 1060. The Labute approximate surface area is 260 Å². The fourth-order valence-electron chi connectivity index (χ4n) is 4.79. The SMILES string of the molecule is CCCCCCCCC(=O)O[C@@H]1C(COP(=O)(OCCCCCC)OCCCCCC)OC(n2ccc(N)nc2=O)C1(F)F. The minimum absolute atomic E-state index is 0.0550. The Morgan fingerprint density at radius 3 is 2.05 bits per heavy atom. The molecule has 1 saturated heterocycles. The summed E-state index contributed by atoms with van der Waals surface area (Å²) < 4.78 is 73.2. The number of alkyl halides is 2. The number of carbonyl (C=O) groups is 1. The van der Waals surface area contributed by atoms with Crippen molar-refractivity contribution >= 4 is 19.6 Å². The van der Waals surface area contributed by atoms with Crippen molar-refractivity contribution in [3.63, 3.8) is 0 Å². The quantitative estimate of drug-likeness (QED) is 0.0686. The van der Waals surface area contributed by atoms with Crippen LogP contribution in [0.5, 0.6) is 0 Å². The molecular weight excluding hydrogens is 599 g/mol. The van der Waals surface area contributed by atoms with Crippen molar-refractivity contribution in [2.24, 2.45) is 0 Å². The molecule has 0 spiro atoms. The average molecular weight is 652 g/mol. The van der Waals surface area contributed by atoms with Crippen LogP contribution in [0.2, 0.25) is 0 Å². The number of phosphoric acid groups is 1. The number of esters is 1. The van der Waals surface area contributed by atoms with Crippen molar-refractivity contribution < 1.29 is 41.2 Å². The lowest BCUT2D eigenvalue weighted by Gasteiger charge is -2.25. The second-order valence-corrected chi connectivity index (χ2v) is 12.9. The molecule has 1 aromatic heterocycles. The first-order valence-corrected chi connectivity index (χ1v) is 17.6. The maximum absolute atomic E-state index is 15.8. The van der Waals surface area contributed by atoms with E-state index in [2.05, 4.69) is 25.8 Å². The highest BCUT2D eigenvalue weighted by atomic mass is 31.2. The predicted molar refractivity (Wildman–Crippen MR) is 163 cm³/mol. The largest absolute Gasteiger partial charge is 0.474 e. The number of carbonyl (C=O) groups excluding carboxylic acids is 1. The van der Waals surface area contributed by atoms with Crippen molar-refractivity contribution in [2.45, 2.75) is 141 Å². The number of rotatable bonds is 24. The van der Waals surface area contributed by atoms with E-state index in [1.54, 1.807) is 0 Å². The normalized spacial score (nSPS) is 19.8. The zero-order valence-corrected chi connectivity index (χ0v) is 27.5. The minimum atomic E-state index is -4.17. The summed E-state index contributed by atoms with van der Waals surface area (Å²) in [6, 6.07) is 1.18. The molecule has 2 rings (SSSR count). The zero-order valence-electron chi connectivity index (χ0n) is 26.6. The molecule has 0 amide bonds. The van der Waals surface area contributed by atoms with Crippen LogP contribution < -0.4 is 11.4 Å². The van der Waals surface area contributed by atoms with Crippen molar-refractivity contribution in [3.8, 4) is 0 Å². The van der Waals surface area contributed by atoms with Gasteiger partial charge in [0.15, 0.2) is 6.10 Å². The third kappa shape index (κ3) is 12.8. The number of nitrogens with two attached hydrogens (primary N) is 1. The van der Waals surface area contributed by atoms with Gasteiger partial charge in [0.25, 0.3) is 0 Å². The molecule has 0 radical (unpaired) electrons. The molecule has 254 valence electrons. The van der Waals surface area contributed by atoms with E-state index in [0.29, 0.717) is 23.8 Å². The van der Waals surface area contributed by atoms with Gasteiger partial charge in [-0.1, -0.05) is 91.4 Å². The molecule has 3 atom stereocenters. The molecule has 0 bridgehead atoms. The van der Waals surface area contributed by atoms with Gasteiger partial charge in [-0.3, -0.25) is 22.9 Å². The molecule has 14 heteroatoms. The molecule has 0 saturated carbocycles. The summed E-state index contributed by atoms with van der Waals surface area (Å²) in [6.45, 7) is 5.72. The van der Waals surface area contributed by atoms with E-state index in [0.717, 1.165) is 76.8 Å².